The van der Waals surface area contributed by atoms with Gasteiger partial charge >= 0.3 is 0 Å². The van der Waals surface area contributed by atoms with Crippen molar-refractivity contribution in [2.45, 2.75) is 58.5 Å². The topological polar surface area (TPSA) is 114 Å². The van der Waals surface area contributed by atoms with Gasteiger partial charge in [0.05, 0.1) is 0 Å². The highest BCUT2D eigenvalue weighted by atomic mass is 32.2. The average molecular weight is 528 g/mol. The molecule has 3 amide bonds. The SMILES string of the molecule is Cc1ccc(C)c(N(C(=O)C[S@@](=O)CC(=O)Nc2ccc3c(c2)OCO3)[C@@H](C)C(=O)NC2CCCC2)c1. The van der Waals surface area contributed by atoms with E-state index in [0.29, 0.717) is 22.9 Å². The van der Waals surface area contributed by atoms with Crippen molar-refractivity contribution in [3.05, 3.63) is 47.5 Å². The Kier molecular flexibility index (Phi) is 8.48. The van der Waals surface area contributed by atoms with Crippen LogP contribution in [0.3, 0.4) is 0 Å². The van der Waals surface area contributed by atoms with Gasteiger partial charge in [-0.2, -0.15) is 0 Å². The van der Waals surface area contributed by atoms with Gasteiger partial charge in [-0.15, -0.1) is 0 Å². The Labute approximate surface area is 219 Å². The molecule has 0 radical (unpaired) electrons. The third-order valence-electron chi connectivity index (χ3n) is 6.59. The van der Waals surface area contributed by atoms with Crippen LogP contribution in [0.4, 0.5) is 11.4 Å². The van der Waals surface area contributed by atoms with E-state index in [0.717, 1.165) is 36.8 Å². The number of anilines is 2. The van der Waals surface area contributed by atoms with Crippen LogP contribution in [0.1, 0.15) is 43.7 Å². The Morgan fingerprint density at radius 2 is 1.76 bits per heavy atom. The number of hydrogen-bond donors (Lipinski definition) is 2. The predicted molar refractivity (Wildman–Crippen MR) is 142 cm³/mol. The van der Waals surface area contributed by atoms with E-state index < -0.39 is 28.7 Å². The van der Waals surface area contributed by atoms with Gasteiger partial charge in [0.25, 0.3) is 0 Å². The number of aryl methyl sites for hydroxylation is 2. The zero-order chi connectivity index (χ0) is 26.5. The van der Waals surface area contributed by atoms with Crippen LogP contribution < -0.4 is 25.0 Å². The van der Waals surface area contributed by atoms with E-state index in [-0.39, 0.29) is 30.2 Å². The maximum Gasteiger partial charge on any atom is 0.243 e. The van der Waals surface area contributed by atoms with Crippen molar-refractivity contribution in [2.75, 3.05) is 28.5 Å². The fraction of sp³-hybridized carbons (Fsp3) is 0.444. The van der Waals surface area contributed by atoms with E-state index in [2.05, 4.69) is 10.6 Å². The Bertz CT molecular complexity index is 1210. The van der Waals surface area contributed by atoms with Crippen LogP contribution in [0.2, 0.25) is 0 Å². The van der Waals surface area contributed by atoms with Crippen molar-refractivity contribution >= 4 is 39.9 Å². The van der Waals surface area contributed by atoms with E-state index >= 15 is 0 Å². The summed E-state index contributed by atoms with van der Waals surface area (Å²) < 4.78 is 23.4. The van der Waals surface area contributed by atoms with E-state index in [4.69, 9.17) is 9.47 Å². The van der Waals surface area contributed by atoms with Gasteiger partial charge in [-0.1, -0.05) is 25.0 Å². The highest BCUT2D eigenvalue weighted by molar-refractivity contribution is 7.86. The third-order valence-corrected chi connectivity index (χ3v) is 7.75. The summed E-state index contributed by atoms with van der Waals surface area (Å²) >= 11 is 0. The van der Waals surface area contributed by atoms with Crippen LogP contribution in [0.5, 0.6) is 11.5 Å². The Morgan fingerprint density at radius 1 is 1.03 bits per heavy atom. The number of hydrogen-bond acceptors (Lipinski definition) is 6. The van der Waals surface area contributed by atoms with Crippen molar-refractivity contribution in [3.8, 4) is 11.5 Å². The van der Waals surface area contributed by atoms with Crippen LogP contribution in [0, 0.1) is 13.8 Å². The highest BCUT2D eigenvalue weighted by Gasteiger charge is 2.31. The minimum atomic E-state index is -1.78. The summed E-state index contributed by atoms with van der Waals surface area (Å²) in [5.74, 6) is -0.848. The number of rotatable bonds is 9. The summed E-state index contributed by atoms with van der Waals surface area (Å²) in [7, 11) is -1.78. The zero-order valence-electron chi connectivity index (χ0n) is 21.4. The normalized spacial score (nSPS) is 16.2. The van der Waals surface area contributed by atoms with Gasteiger partial charge in [-0.05, 0) is 62.9 Å². The standard InChI is InChI=1S/C27H33N3O6S/c1-17-8-9-18(2)22(12-17)30(19(3)27(33)29-20-6-4-5-7-20)26(32)15-37(34)14-25(31)28-21-10-11-23-24(13-21)36-16-35-23/h8-13,19-20H,4-7,14-16H2,1-3H3,(H,28,31)(H,29,33)/t19-,37-/m0/s1. The van der Waals surface area contributed by atoms with Crippen LogP contribution in [0.25, 0.3) is 0 Å². The molecule has 1 fully saturated rings. The van der Waals surface area contributed by atoms with Gasteiger partial charge in [-0.25, -0.2) is 0 Å². The second kappa shape index (κ2) is 11.8. The van der Waals surface area contributed by atoms with Gasteiger partial charge in [0.15, 0.2) is 11.5 Å². The third kappa shape index (κ3) is 6.68. The molecule has 1 aliphatic carbocycles. The summed E-state index contributed by atoms with van der Waals surface area (Å²) in [6, 6.07) is 9.95. The molecule has 2 aromatic rings. The van der Waals surface area contributed by atoms with Crippen LogP contribution >= 0.6 is 0 Å². The second-order valence-electron chi connectivity index (χ2n) is 9.56. The van der Waals surface area contributed by atoms with Gasteiger partial charge < -0.3 is 20.1 Å². The number of nitrogens with one attached hydrogen (secondary N) is 2. The van der Waals surface area contributed by atoms with Crippen molar-refractivity contribution < 1.29 is 28.1 Å². The lowest BCUT2D eigenvalue weighted by Crippen LogP contribution is -2.51. The fourth-order valence-electron chi connectivity index (χ4n) is 4.62. The lowest BCUT2D eigenvalue weighted by molar-refractivity contribution is -0.125. The van der Waals surface area contributed by atoms with Gasteiger partial charge in [0, 0.05) is 34.3 Å². The van der Waals surface area contributed by atoms with Crippen molar-refractivity contribution in [1.82, 2.24) is 5.32 Å². The lowest BCUT2D eigenvalue weighted by Gasteiger charge is -2.31. The number of fused-ring (bicyclic) bond motifs is 1. The van der Waals surface area contributed by atoms with Crippen LogP contribution in [0.15, 0.2) is 36.4 Å². The Balaban J connectivity index is 1.43. The number of ether oxygens (including phenoxy) is 2. The number of carbonyl (C=O) groups excluding carboxylic acids is 3. The molecule has 9 nitrogen and oxygen atoms in total. The van der Waals surface area contributed by atoms with Crippen molar-refractivity contribution in [1.29, 1.82) is 0 Å². The molecule has 0 saturated heterocycles. The summed E-state index contributed by atoms with van der Waals surface area (Å²) in [6.45, 7) is 5.58. The fourth-order valence-corrected chi connectivity index (χ4v) is 5.50. The maximum absolute atomic E-state index is 13.5. The Morgan fingerprint density at radius 3 is 2.51 bits per heavy atom. The molecule has 1 heterocycles. The Hall–Kier alpha value is -3.40. The van der Waals surface area contributed by atoms with Crippen molar-refractivity contribution in [3.63, 3.8) is 0 Å². The van der Waals surface area contributed by atoms with E-state index in [1.54, 1.807) is 25.1 Å². The quantitative estimate of drug-likeness (QED) is 0.518. The number of carbonyl (C=O) groups is 3. The first-order chi connectivity index (χ1) is 17.7. The number of nitrogens with zero attached hydrogens (tertiary/aromatic N) is 1. The number of benzene rings is 2. The predicted octanol–water partition coefficient (Wildman–Crippen LogP) is 3.20. The molecule has 2 atom stereocenters. The van der Waals surface area contributed by atoms with E-state index in [1.807, 2.05) is 32.0 Å². The molecule has 0 aromatic heterocycles. The molecule has 2 N–H and O–H groups in total. The average Bonchev–Trinajstić information content (AvgIpc) is 3.52. The molecule has 0 unspecified atom stereocenters. The van der Waals surface area contributed by atoms with Gasteiger partial charge in [0.1, 0.15) is 17.5 Å². The van der Waals surface area contributed by atoms with Crippen molar-refractivity contribution in [2.24, 2.45) is 0 Å². The second-order valence-corrected chi connectivity index (χ2v) is 11.0. The molecule has 4 rings (SSSR count). The highest BCUT2D eigenvalue weighted by Crippen LogP contribution is 2.34. The lowest BCUT2D eigenvalue weighted by atomic mass is 10.1. The first-order valence-corrected chi connectivity index (χ1v) is 13.9. The minimum absolute atomic E-state index is 0.111. The first-order valence-electron chi connectivity index (χ1n) is 12.5. The summed E-state index contributed by atoms with van der Waals surface area (Å²) in [4.78, 5) is 40.5. The largest absolute Gasteiger partial charge is 0.454 e. The summed E-state index contributed by atoms with van der Waals surface area (Å²) in [5, 5.41) is 5.73. The van der Waals surface area contributed by atoms with E-state index in [1.165, 1.54) is 4.90 Å². The van der Waals surface area contributed by atoms with Crippen LogP contribution in [-0.4, -0.2) is 52.3 Å². The molecule has 1 saturated carbocycles. The van der Waals surface area contributed by atoms with Gasteiger partial charge in [0.2, 0.25) is 24.5 Å². The summed E-state index contributed by atoms with van der Waals surface area (Å²) in [5.41, 5.74) is 2.84. The maximum atomic E-state index is 13.5. The molecule has 37 heavy (non-hydrogen) atoms. The van der Waals surface area contributed by atoms with Gasteiger partial charge in [-0.3, -0.25) is 23.5 Å². The summed E-state index contributed by atoms with van der Waals surface area (Å²) in [6.07, 6.45) is 4.01. The van der Waals surface area contributed by atoms with E-state index in [9.17, 15) is 18.6 Å². The van der Waals surface area contributed by atoms with Crippen LogP contribution in [-0.2, 0) is 25.2 Å². The molecule has 0 spiro atoms. The monoisotopic (exact) mass is 527 g/mol. The molecule has 1 aliphatic heterocycles. The smallest absolute Gasteiger partial charge is 0.243 e. The first kappa shape index (κ1) is 26.7. The molecular formula is C27H33N3O6S. The zero-order valence-corrected chi connectivity index (χ0v) is 22.2. The molecule has 0 bridgehead atoms. The minimum Gasteiger partial charge on any atom is -0.454 e. The number of amides is 3. The molecule has 198 valence electrons. The molecule has 2 aliphatic rings. The molecular weight excluding hydrogens is 494 g/mol. The molecule has 2 aromatic carbocycles. The molecule has 10 heteroatoms.